The quantitative estimate of drug-likeness (QED) is 0.496. The number of hydrogen-bond donors (Lipinski definition) is 1. The number of aromatic nitrogens is 2. The topological polar surface area (TPSA) is 78.3 Å². The average molecular weight is 210 g/mol. The summed E-state index contributed by atoms with van der Waals surface area (Å²) < 4.78 is 5.87. The van der Waals surface area contributed by atoms with Gasteiger partial charge in [0, 0.05) is 19.2 Å². The Morgan fingerprint density at radius 1 is 1.53 bits per heavy atom. The van der Waals surface area contributed by atoms with Gasteiger partial charge in [-0.1, -0.05) is 4.98 Å². The molecule has 1 fully saturated rings. The van der Waals surface area contributed by atoms with Crippen molar-refractivity contribution in [2.24, 2.45) is 0 Å². The molecule has 1 aliphatic heterocycles. The molecular weight excluding hydrogens is 196 g/mol. The van der Waals surface area contributed by atoms with Crippen LogP contribution < -0.4 is 15.4 Å². The van der Waals surface area contributed by atoms with Gasteiger partial charge in [-0.2, -0.15) is 0 Å². The van der Waals surface area contributed by atoms with Crippen molar-refractivity contribution in [1.29, 1.82) is 0 Å². The van der Waals surface area contributed by atoms with E-state index >= 15 is 0 Å². The number of nitrogen functional groups attached to an aromatic ring is 1. The lowest BCUT2D eigenvalue weighted by atomic mass is 10.3. The minimum Gasteiger partial charge on any atom is -0.740 e. The van der Waals surface area contributed by atoms with Crippen LogP contribution in [0.2, 0.25) is 0 Å². The van der Waals surface area contributed by atoms with Crippen molar-refractivity contribution in [1.82, 2.24) is 4.98 Å². The number of morpholine rings is 1. The van der Waals surface area contributed by atoms with E-state index in [1.807, 2.05) is 0 Å². The molecule has 1 aliphatic rings. The molecule has 2 rings (SSSR count). The second kappa shape index (κ2) is 3.90. The number of aryl methyl sites for hydroxylation is 1. The summed E-state index contributed by atoms with van der Waals surface area (Å²) in [5.74, 6) is 0.747. The van der Waals surface area contributed by atoms with Crippen LogP contribution in [0.4, 0.5) is 11.8 Å². The fraction of sp³-hybridized carbons (Fsp3) is 0.556. The monoisotopic (exact) mass is 210 g/mol. The molecule has 6 nitrogen and oxygen atoms in total. The molecule has 0 amide bonds. The Hall–Kier alpha value is -1.56. The first-order chi connectivity index (χ1) is 7.18. The third kappa shape index (κ3) is 1.94. The highest BCUT2D eigenvalue weighted by Gasteiger charge is 2.17. The fourth-order valence-electron chi connectivity index (χ4n) is 1.58. The Morgan fingerprint density at radius 3 is 2.80 bits per heavy atom. The molecule has 2 N–H and O–H groups in total. The Labute approximate surface area is 87.9 Å². The van der Waals surface area contributed by atoms with Gasteiger partial charge in [-0.25, -0.2) is 4.73 Å². The van der Waals surface area contributed by atoms with Crippen LogP contribution in [-0.4, -0.2) is 31.3 Å². The lowest BCUT2D eigenvalue weighted by molar-refractivity contribution is -0.599. The maximum absolute atomic E-state index is 11.3. The predicted molar refractivity (Wildman–Crippen MR) is 55.4 cm³/mol. The number of rotatable bonds is 1. The van der Waals surface area contributed by atoms with Gasteiger partial charge >= 0.3 is 5.95 Å². The summed E-state index contributed by atoms with van der Waals surface area (Å²) in [6, 6.07) is 1.74. The summed E-state index contributed by atoms with van der Waals surface area (Å²) in [5, 5.41) is 11.3. The van der Waals surface area contributed by atoms with Crippen LogP contribution in [0, 0.1) is 12.1 Å². The predicted octanol–water partition coefficient (Wildman–Crippen LogP) is -0.558. The molecule has 0 aliphatic carbocycles. The third-order valence-electron chi connectivity index (χ3n) is 2.43. The van der Waals surface area contributed by atoms with E-state index in [9.17, 15) is 5.21 Å². The Balaban J connectivity index is 2.27. The zero-order chi connectivity index (χ0) is 10.8. The van der Waals surface area contributed by atoms with Gasteiger partial charge in [-0.05, 0) is 6.92 Å². The van der Waals surface area contributed by atoms with Crippen molar-refractivity contribution in [3.05, 3.63) is 17.0 Å². The zero-order valence-corrected chi connectivity index (χ0v) is 8.64. The molecule has 0 atom stereocenters. The fourth-order valence-corrected chi connectivity index (χ4v) is 1.58. The molecule has 0 aromatic carbocycles. The molecule has 1 saturated heterocycles. The maximum Gasteiger partial charge on any atom is 0.392 e. The van der Waals surface area contributed by atoms with E-state index in [0.717, 1.165) is 18.9 Å². The van der Waals surface area contributed by atoms with Gasteiger partial charge in [-0.3, -0.25) is 5.73 Å². The smallest absolute Gasteiger partial charge is 0.392 e. The van der Waals surface area contributed by atoms with Crippen LogP contribution in [0.1, 0.15) is 5.69 Å². The minimum atomic E-state index is -0.00325. The lowest BCUT2D eigenvalue weighted by Crippen LogP contribution is -2.40. The summed E-state index contributed by atoms with van der Waals surface area (Å²) in [4.78, 5) is 6.12. The Bertz CT molecular complexity index is 340. The molecule has 6 heteroatoms. The molecular formula is C9H14N4O2. The number of ether oxygens (including phenoxy) is 1. The van der Waals surface area contributed by atoms with E-state index in [1.54, 1.807) is 13.0 Å². The van der Waals surface area contributed by atoms with Gasteiger partial charge in [0.2, 0.25) is 5.82 Å². The van der Waals surface area contributed by atoms with E-state index in [2.05, 4.69) is 9.88 Å². The van der Waals surface area contributed by atoms with Crippen molar-refractivity contribution in [2.45, 2.75) is 6.92 Å². The van der Waals surface area contributed by atoms with Gasteiger partial charge in [0.25, 0.3) is 0 Å². The number of nitrogens with two attached hydrogens (primary N) is 1. The molecule has 82 valence electrons. The number of nitrogens with zero attached hydrogens (tertiary/aromatic N) is 3. The van der Waals surface area contributed by atoms with E-state index < -0.39 is 0 Å². The molecule has 2 heterocycles. The molecule has 0 spiro atoms. The largest absolute Gasteiger partial charge is 0.740 e. The third-order valence-corrected chi connectivity index (χ3v) is 2.43. The highest BCUT2D eigenvalue weighted by atomic mass is 16.5. The molecule has 0 saturated carbocycles. The summed E-state index contributed by atoms with van der Waals surface area (Å²) in [6.07, 6.45) is 0. The molecule has 15 heavy (non-hydrogen) atoms. The molecule has 0 unspecified atom stereocenters. The summed E-state index contributed by atoms with van der Waals surface area (Å²) >= 11 is 0. The first-order valence-electron chi connectivity index (χ1n) is 4.88. The highest BCUT2D eigenvalue weighted by Crippen LogP contribution is 2.13. The first-order valence-corrected chi connectivity index (χ1v) is 4.88. The van der Waals surface area contributed by atoms with Crippen molar-refractivity contribution in [3.63, 3.8) is 0 Å². The minimum absolute atomic E-state index is 0.00325. The van der Waals surface area contributed by atoms with Crippen LogP contribution in [0.15, 0.2) is 6.07 Å². The van der Waals surface area contributed by atoms with Crippen molar-refractivity contribution in [2.75, 3.05) is 36.9 Å². The van der Waals surface area contributed by atoms with E-state index in [-0.39, 0.29) is 5.95 Å². The van der Waals surface area contributed by atoms with Gasteiger partial charge in [-0.15, -0.1) is 0 Å². The Kier molecular flexibility index (Phi) is 2.59. The van der Waals surface area contributed by atoms with Crippen molar-refractivity contribution >= 4 is 11.8 Å². The maximum atomic E-state index is 11.3. The van der Waals surface area contributed by atoms with Gasteiger partial charge in [0.15, 0.2) is 0 Å². The summed E-state index contributed by atoms with van der Waals surface area (Å²) in [7, 11) is 0. The van der Waals surface area contributed by atoms with E-state index in [0.29, 0.717) is 23.6 Å². The summed E-state index contributed by atoms with van der Waals surface area (Å²) in [6.45, 7) is 4.66. The molecule has 0 radical (unpaired) electrons. The van der Waals surface area contributed by atoms with Gasteiger partial charge in [0.05, 0.1) is 18.9 Å². The summed E-state index contributed by atoms with van der Waals surface area (Å²) in [5.41, 5.74) is 6.07. The zero-order valence-electron chi connectivity index (χ0n) is 8.64. The van der Waals surface area contributed by atoms with Crippen LogP contribution >= 0.6 is 0 Å². The van der Waals surface area contributed by atoms with Gasteiger partial charge in [0.1, 0.15) is 0 Å². The molecule has 1 aromatic rings. The van der Waals surface area contributed by atoms with Crippen LogP contribution in [-0.2, 0) is 4.74 Å². The average Bonchev–Trinajstić information content (AvgIpc) is 2.26. The first kappa shape index (κ1) is 9.97. The second-order valence-electron chi connectivity index (χ2n) is 3.51. The van der Waals surface area contributed by atoms with Crippen LogP contribution in [0.25, 0.3) is 0 Å². The molecule has 0 bridgehead atoms. The van der Waals surface area contributed by atoms with Crippen molar-refractivity contribution < 1.29 is 9.47 Å². The Morgan fingerprint density at radius 2 is 2.20 bits per heavy atom. The number of anilines is 2. The van der Waals surface area contributed by atoms with Crippen molar-refractivity contribution in [3.8, 4) is 0 Å². The highest BCUT2D eigenvalue weighted by molar-refractivity contribution is 5.41. The lowest BCUT2D eigenvalue weighted by Gasteiger charge is -2.26. The second-order valence-corrected chi connectivity index (χ2v) is 3.51. The SMILES string of the molecule is Cc1cc(N2CCOCC2)nc(N)[n+]1[O-]. The standard InChI is InChI=1S/C9H14N4O2/c1-7-6-8(11-9(10)13(7)14)12-2-4-15-5-3-12/h6H,2-5H2,1H3,(H2,10,11). The van der Waals surface area contributed by atoms with Crippen LogP contribution in [0.3, 0.4) is 0 Å². The molecule has 1 aromatic heterocycles. The van der Waals surface area contributed by atoms with Crippen LogP contribution in [0.5, 0.6) is 0 Å². The number of hydrogen-bond acceptors (Lipinski definition) is 5. The normalized spacial score (nSPS) is 16.7. The van der Waals surface area contributed by atoms with Gasteiger partial charge < -0.3 is 14.8 Å². The van der Waals surface area contributed by atoms with E-state index in [1.165, 1.54) is 0 Å². The van der Waals surface area contributed by atoms with E-state index in [4.69, 9.17) is 10.5 Å².